The van der Waals surface area contributed by atoms with Crippen molar-refractivity contribution in [1.82, 2.24) is 0 Å². The zero-order chi connectivity index (χ0) is 24.2. The molecule has 1 fully saturated rings. The normalized spacial score (nSPS) is 24.3. The van der Waals surface area contributed by atoms with Gasteiger partial charge in [-0.2, -0.15) is 0 Å². The summed E-state index contributed by atoms with van der Waals surface area (Å²) in [6.07, 6.45) is 18.1. The van der Waals surface area contributed by atoms with Gasteiger partial charge in [0, 0.05) is 20.1 Å². The van der Waals surface area contributed by atoms with Crippen LogP contribution in [-0.4, -0.2) is 72.8 Å². The quantitative estimate of drug-likeness (QED) is 0.188. The van der Waals surface area contributed by atoms with E-state index in [1.54, 1.807) is 7.11 Å². The minimum atomic E-state index is -1.02. The predicted molar refractivity (Wildman–Crippen MR) is 134 cm³/mol. The first-order valence-electron chi connectivity index (χ1n) is 13.8. The summed E-state index contributed by atoms with van der Waals surface area (Å²) in [4.78, 5) is 0. The average molecular weight is 475 g/mol. The molecule has 0 saturated carbocycles. The van der Waals surface area contributed by atoms with Crippen LogP contribution in [0.5, 0.6) is 0 Å². The molecule has 0 aromatic rings. The van der Waals surface area contributed by atoms with Crippen LogP contribution < -0.4 is 0 Å². The van der Waals surface area contributed by atoms with Crippen molar-refractivity contribution in [1.29, 1.82) is 0 Å². The molecule has 5 atom stereocenters. The van der Waals surface area contributed by atoms with Crippen LogP contribution >= 0.6 is 0 Å². The van der Waals surface area contributed by atoms with E-state index in [0.717, 1.165) is 19.4 Å². The van der Waals surface area contributed by atoms with Gasteiger partial charge < -0.3 is 29.5 Å². The summed E-state index contributed by atoms with van der Waals surface area (Å²) < 4.78 is 17.0. The number of hydrogen-bond donors (Lipinski definition) is 3. The number of aliphatic hydroxyl groups is 3. The summed E-state index contributed by atoms with van der Waals surface area (Å²) in [6.45, 7) is 3.33. The van der Waals surface area contributed by atoms with Gasteiger partial charge in [0.1, 0.15) is 12.2 Å². The van der Waals surface area contributed by atoms with E-state index in [9.17, 15) is 15.3 Å². The minimum Gasteiger partial charge on any atom is -0.394 e. The maximum atomic E-state index is 9.93. The Morgan fingerprint density at radius 3 is 1.91 bits per heavy atom. The lowest BCUT2D eigenvalue weighted by Crippen LogP contribution is -2.50. The van der Waals surface area contributed by atoms with Crippen LogP contribution in [0.1, 0.15) is 116 Å². The molecule has 1 heterocycles. The lowest BCUT2D eigenvalue weighted by molar-refractivity contribution is -0.182. The van der Waals surface area contributed by atoms with Crippen molar-refractivity contribution in [2.24, 2.45) is 0 Å². The highest BCUT2D eigenvalue weighted by Gasteiger charge is 2.36. The van der Waals surface area contributed by atoms with Gasteiger partial charge in [-0.25, -0.2) is 0 Å². The minimum absolute atomic E-state index is 0.00295. The van der Waals surface area contributed by atoms with Crippen molar-refractivity contribution in [3.8, 4) is 0 Å². The number of aliphatic hydroxyl groups excluding tert-OH is 3. The summed E-state index contributed by atoms with van der Waals surface area (Å²) >= 11 is 0. The van der Waals surface area contributed by atoms with E-state index in [2.05, 4.69) is 6.92 Å². The van der Waals surface area contributed by atoms with Gasteiger partial charge in [0.25, 0.3) is 0 Å². The largest absolute Gasteiger partial charge is 0.394 e. The molecule has 1 rings (SSSR count). The van der Waals surface area contributed by atoms with E-state index >= 15 is 0 Å². The van der Waals surface area contributed by atoms with Gasteiger partial charge >= 0.3 is 0 Å². The maximum absolute atomic E-state index is 9.93. The topological polar surface area (TPSA) is 88.4 Å². The van der Waals surface area contributed by atoms with Crippen LogP contribution in [0, 0.1) is 0 Å². The molecule has 0 aromatic carbocycles. The molecule has 0 aromatic heterocycles. The highest BCUT2D eigenvalue weighted by molar-refractivity contribution is 4.85. The van der Waals surface area contributed by atoms with E-state index in [1.807, 2.05) is 0 Å². The summed E-state index contributed by atoms with van der Waals surface area (Å²) in [5.41, 5.74) is 0. The summed E-state index contributed by atoms with van der Waals surface area (Å²) in [5.74, 6) is 0. The van der Waals surface area contributed by atoms with Gasteiger partial charge in [-0.15, -0.1) is 0 Å². The monoisotopic (exact) mass is 474 g/mol. The zero-order valence-corrected chi connectivity index (χ0v) is 21.6. The van der Waals surface area contributed by atoms with E-state index < -0.39 is 18.3 Å². The maximum Gasteiger partial charge on any atom is 0.109 e. The van der Waals surface area contributed by atoms with E-state index in [4.69, 9.17) is 14.2 Å². The Labute approximate surface area is 203 Å². The number of rotatable bonds is 22. The van der Waals surface area contributed by atoms with Gasteiger partial charge in [-0.05, 0) is 19.3 Å². The molecule has 3 N–H and O–H groups in total. The molecule has 0 bridgehead atoms. The van der Waals surface area contributed by atoms with Crippen LogP contribution in [-0.2, 0) is 14.2 Å². The summed E-state index contributed by atoms with van der Waals surface area (Å²) in [7, 11) is 1.69. The highest BCUT2D eigenvalue weighted by Crippen LogP contribution is 2.24. The smallest absolute Gasteiger partial charge is 0.109 e. The summed E-state index contributed by atoms with van der Waals surface area (Å²) in [6, 6.07) is 0. The second-order valence-corrected chi connectivity index (χ2v) is 9.88. The Kier molecular flexibility index (Phi) is 19.7. The molecule has 0 amide bonds. The standard InChI is InChI=1S/C27H54O6/c1-3-4-5-6-7-8-9-10-11-12-13-14-15-16-19-32-22-24(31-2)18-17-23-20-25(29)27(30)26(21-28)33-23/h23-30H,3-22H2,1-2H3/t23-,24-,25+,26+,27-/m0/s1. The van der Waals surface area contributed by atoms with Crippen molar-refractivity contribution in [2.45, 2.75) is 147 Å². The second-order valence-electron chi connectivity index (χ2n) is 9.88. The van der Waals surface area contributed by atoms with Crippen LogP contribution in [0.15, 0.2) is 0 Å². The third kappa shape index (κ3) is 15.4. The fourth-order valence-corrected chi connectivity index (χ4v) is 4.63. The zero-order valence-electron chi connectivity index (χ0n) is 21.6. The fourth-order valence-electron chi connectivity index (χ4n) is 4.63. The Hall–Kier alpha value is -0.240. The first kappa shape index (κ1) is 30.8. The van der Waals surface area contributed by atoms with Gasteiger partial charge in [0.05, 0.1) is 31.5 Å². The number of unbranched alkanes of at least 4 members (excludes halogenated alkanes) is 13. The van der Waals surface area contributed by atoms with Crippen molar-refractivity contribution in [3.05, 3.63) is 0 Å². The van der Waals surface area contributed by atoms with Crippen LogP contribution in [0.25, 0.3) is 0 Å². The second kappa shape index (κ2) is 21.1. The first-order chi connectivity index (χ1) is 16.1. The van der Waals surface area contributed by atoms with Crippen LogP contribution in [0.3, 0.4) is 0 Å². The molecule has 0 spiro atoms. The Morgan fingerprint density at radius 2 is 1.39 bits per heavy atom. The molecule has 1 aliphatic heterocycles. The van der Waals surface area contributed by atoms with E-state index in [1.165, 1.54) is 83.5 Å². The first-order valence-corrected chi connectivity index (χ1v) is 13.8. The molecular formula is C27H54O6. The third-order valence-corrected chi connectivity index (χ3v) is 6.92. The number of ether oxygens (including phenoxy) is 3. The van der Waals surface area contributed by atoms with Crippen molar-refractivity contribution >= 4 is 0 Å². The van der Waals surface area contributed by atoms with Gasteiger partial charge in [-0.3, -0.25) is 0 Å². The molecule has 1 aliphatic rings. The Morgan fingerprint density at radius 1 is 0.848 bits per heavy atom. The fraction of sp³-hybridized carbons (Fsp3) is 1.00. The van der Waals surface area contributed by atoms with Crippen molar-refractivity contribution in [3.63, 3.8) is 0 Å². The molecule has 6 heteroatoms. The van der Waals surface area contributed by atoms with Gasteiger partial charge in [0.2, 0.25) is 0 Å². The molecule has 6 nitrogen and oxygen atoms in total. The van der Waals surface area contributed by atoms with Crippen LogP contribution in [0.4, 0.5) is 0 Å². The highest BCUT2D eigenvalue weighted by atomic mass is 16.5. The van der Waals surface area contributed by atoms with E-state index in [0.29, 0.717) is 19.4 Å². The lowest BCUT2D eigenvalue weighted by atomic mass is 9.95. The molecule has 198 valence electrons. The molecular weight excluding hydrogens is 420 g/mol. The van der Waals surface area contributed by atoms with Crippen molar-refractivity contribution in [2.75, 3.05) is 26.9 Å². The van der Waals surface area contributed by atoms with Gasteiger partial charge in [0.15, 0.2) is 0 Å². The number of methoxy groups -OCH3 is 1. The predicted octanol–water partition coefficient (Wildman–Crippen LogP) is 5.15. The SMILES string of the molecule is CCCCCCCCCCCCCCCCOC[C@H](CC[C@H]1C[C@@H](O)[C@H](O)[C@@H](CO)O1)OC. The molecule has 0 aliphatic carbocycles. The van der Waals surface area contributed by atoms with Crippen LogP contribution in [0.2, 0.25) is 0 Å². The van der Waals surface area contributed by atoms with Gasteiger partial charge in [-0.1, -0.05) is 90.4 Å². The lowest BCUT2D eigenvalue weighted by Gasteiger charge is -2.36. The Bertz CT molecular complexity index is 421. The van der Waals surface area contributed by atoms with Crippen molar-refractivity contribution < 1.29 is 29.5 Å². The summed E-state index contributed by atoms with van der Waals surface area (Å²) in [5, 5.41) is 29.0. The molecule has 0 radical (unpaired) electrons. The number of hydrogen-bond acceptors (Lipinski definition) is 6. The average Bonchev–Trinajstić information content (AvgIpc) is 2.82. The molecule has 1 saturated heterocycles. The molecule has 33 heavy (non-hydrogen) atoms. The van der Waals surface area contributed by atoms with E-state index in [-0.39, 0.29) is 18.8 Å². The Balaban J connectivity index is 1.91. The third-order valence-electron chi connectivity index (χ3n) is 6.92. The molecule has 0 unspecified atom stereocenters.